The number of amides is 2. The summed E-state index contributed by atoms with van der Waals surface area (Å²) in [7, 11) is 0. The van der Waals surface area contributed by atoms with Crippen LogP contribution in [0, 0.1) is 0 Å². The van der Waals surface area contributed by atoms with Crippen molar-refractivity contribution in [2.75, 3.05) is 11.6 Å². The highest BCUT2D eigenvalue weighted by Crippen LogP contribution is 2.44. The normalized spacial score (nSPS) is 14.4. The standard InChI is InChI=1S/C29H22BrClN2O4/c1-2-36-24-16-20(15-23-28(34)32-33(29(23)35)21-12-4-3-5-13-21)25(30)26(31)27(24)37-17-19-11-8-10-18-9-6-7-14-22(18)19/h3-16H,2,17H2,1H3,(H,32,34)/b23-15-. The van der Waals surface area contributed by atoms with Gasteiger partial charge in [-0.2, -0.15) is 0 Å². The predicted octanol–water partition coefficient (Wildman–Crippen LogP) is 6.69. The number of nitrogens with zero attached hydrogens (tertiary/aromatic N) is 1. The van der Waals surface area contributed by atoms with Gasteiger partial charge in [-0.05, 0) is 69.0 Å². The molecule has 2 amide bonds. The molecule has 1 heterocycles. The van der Waals surface area contributed by atoms with E-state index in [9.17, 15) is 9.59 Å². The fourth-order valence-electron chi connectivity index (χ4n) is 4.15. The Labute approximate surface area is 227 Å². The molecule has 1 fully saturated rings. The first-order valence-electron chi connectivity index (χ1n) is 11.6. The van der Waals surface area contributed by atoms with E-state index in [0.29, 0.717) is 33.8 Å². The van der Waals surface area contributed by atoms with E-state index >= 15 is 0 Å². The van der Waals surface area contributed by atoms with Gasteiger partial charge in [0.05, 0.1) is 12.3 Å². The average molecular weight is 578 g/mol. The second-order valence-electron chi connectivity index (χ2n) is 8.26. The molecule has 0 bridgehead atoms. The summed E-state index contributed by atoms with van der Waals surface area (Å²) in [6, 6.07) is 24.7. The lowest BCUT2D eigenvalue weighted by molar-refractivity contribution is -0.117. The number of fused-ring (bicyclic) bond motifs is 1. The number of rotatable bonds is 7. The van der Waals surface area contributed by atoms with Crippen LogP contribution in [-0.4, -0.2) is 18.4 Å². The summed E-state index contributed by atoms with van der Waals surface area (Å²) in [5.74, 6) is -0.188. The second kappa shape index (κ2) is 10.7. The maximum atomic E-state index is 13.0. The van der Waals surface area contributed by atoms with E-state index in [-0.39, 0.29) is 17.2 Å². The van der Waals surface area contributed by atoms with Gasteiger partial charge < -0.3 is 9.47 Å². The van der Waals surface area contributed by atoms with Gasteiger partial charge in [-0.25, -0.2) is 5.01 Å². The zero-order valence-electron chi connectivity index (χ0n) is 19.8. The molecular weight excluding hydrogens is 556 g/mol. The maximum absolute atomic E-state index is 13.0. The van der Waals surface area contributed by atoms with Crippen molar-refractivity contribution in [2.45, 2.75) is 13.5 Å². The third-order valence-corrected chi connectivity index (χ3v) is 7.36. The van der Waals surface area contributed by atoms with Crippen molar-refractivity contribution in [3.63, 3.8) is 0 Å². The zero-order valence-corrected chi connectivity index (χ0v) is 22.2. The van der Waals surface area contributed by atoms with Crippen molar-refractivity contribution in [2.24, 2.45) is 0 Å². The van der Waals surface area contributed by atoms with Crippen LogP contribution in [0.1, 0.15) is 18.1 Å². The molecule has 0 spiro atoms. The Morgan fingerprint density at radius 1 is 0.973 bits per heavy atom. The van der Waals surface area contributed by atoms with Gasteiger partial charge in [0, 0.05) is 4.47 Å². The molecule has 5 rings (SSSR count). The minimum atomic E-state index is -0.508. The van der Waals surface area contributed by atoms with Gasteiger partial charge in [-0.15, -0.1) is 0 Å². The van der Waals surface area contributed by atoms with Crippen molar-refractivity contribution < 1.29 is 19.1 Å². The molecule has 1 aliphatic rings. The van der Waals surface area contributed by atoms with Gasteiger partial charge in [0.15, 0.2) is 11.5 Å². The first-order valence-corrected chi connectivity index (χ1v) is 12.8. The Morgan fingerprint density at radius 3 is 2.49 bits per heavy atom. The summed E-state index contributed by atoms with van der Waals surface area (Å²) in [6.45, 7) is 2.51. The highest BCUT2D eigenvalue weighted by atomic mass is 79.9. The topological polar surface area (TPSA) is 67.9 Å². The van der Waals surface area contributed by atoms with Crippen molar-refractivity contribution in [1.82, 2.24) is 5.43 Å². The van der Waals surface area contributed by atoms with Crippen LogP contribution in [0.25, 0.3) is 16.8 Å². The molecule has 0 unspecified atom stereocenters. The van der Waals surface area contributed by atoms with Gasteiger partial charge in [0.2, 0.25) is 0 Å². The minimum absolute atomic E-state index is 0.0208. The number of hydrazine groups is 1. The highest BCUT2D eigenvalue weighted by Gasteiger charge is 2.34. The SMILES string of the molecule is CCOc1cc(/C=C2/C(=O)NN(c3ccccc3)C2=O)c(Br)c(Cl)c1OCc1cccc2ccccc12. The number of halogens is 2. The van der Waals surface area contributed by atoms with Gasteiger partial charge in [0.25, 0.3) is 11.8 Å². The van der Waals surface area contributed by atoms with Gasteiger partial charge in [0.1, 0.15) is 17.2 Å². The summed E-state index contributed by atoms with van der Waals surface area (Å²) >= 11 is 10.3. The smallest absolute Gasteiger partial charge is 0.282 e. The van der Waals surface area contributed by atoms with Crippen LogP contribution >= 0.6 is 27.5 Å². The number of anilines is 1. The molecule has 1 aliphatic heterocycles. The van der Waals surface area contributed by atoms with Crippen molar-refractivity contribution >= 4 is 61.9 Å². The molecule has 0 atom stereocenters. The zero-order chi connectivity index (χ0) is 25.9. The van der Waals surface area contributed by atoms with Crippen molar-refractivity contribution in [3.8, 4) is 11.5 Å². The van der Waals surface area contributed by atoms with Crippen LogP contribution in [0.5, 0.6) is 11.5 Å². The highest BCUT2D eigenvalue weighted by molar-refractivity contribution is 9.10. The van der Waals surface area contributed by atoms with Crippen molar-refractivity contribution in [3.05, 3.63) is 105 Å². The third kappa shape index (κ3) is 4.92. The largest absolute Gasteiger partial charge is 0.490 e. The number of carbonyl (C=O) groups excluding carboxylic acids is 2. The van der Waals surface area contributed by atoms with Crippen LogP contribution in [-0.2, 0) is 16.2 Å². The molecular formula is C29H22BrClN2O4. The molecule has 1 N–H and O–H groups in total. The predicted molar refractivity (Wildman–Crippen MR) is 149 cm³/mol. The number of hydrogen-bond donors (Lipinski definition) is 1. The van der Waals surface area contributed by atoms with Gasteiger partial charge in [-0.1, -0.05) is 72.3 Å². The van der Waals surface area contributed by atoms with Gasteiger partial charge in [-0.3, -0.25) is 15.0 Å². The van der Waals surface area contributed by atoms with E-state index in [2.05, 4.69) is 33.5 Å². The van der Waals surface area contributed by atoms with Crippen molar-refractivity contribution in [1.29, 1.82) is 0 Å². The molecule has 1 saturated heterocycles. The quantitative estimate of drug-likeness (QED) is 0.196. The van der Waals surface area contributed by atoms with Crippen LogP contribution in [0.4, 0.5) is 5.69 Å². The molecule has 0 radical (unpaired) electrons. The fourth-order valence-corrected chi connectivity index (χ4v) is 4.81. The fraction of sp³-hybridized carbons (Fsp3) is 0.103. The Kier molecular flexibility index (Phi) is 7.17. The molecule has 0 aromatic heterocycles. The number of carbonyl (C=O) groups is 2. The minimum Gasteiger partial charge on any atom is -0.490 e. The lowest BCUT2D eigenvalue weighted by atomic mass is 10.1. The lowest BCUT2D eigenvalue weighted by Crippen LogP contribution is -2.35. The average Bonchev–Trinajstić information content (AvgIpc) is 3.20. The molecule has 0 saturated carbocycles. The van der Waals surface area contributed by atoms with Crippen LogP contribution in [0.15, 0.2) is 88.9 Å². The number of ether oxygens (including phenoxy) is 2. The monoisotopic (exact) mass is 576 g/mol. The maximum Gasteiger partial charge on any atom is 0.282 e. The Morgan fingerprint density at radius 2 is 1.70 bits per heavy atom. The Bertz CT molecular complexity index is 1530. The Hall–Kier alpha value is -3.81. The third-order valence-electron chi connectivity index (χ3n) is 5.91. The van der Waals surface area contributed by atoms with E-state index < -0.39 is 11.8 Å². The Balaban J connectivity index is 1.48. The lowest BCUT2D eigenvalue weighted by Gasteiger charge is -2.17. The van der Waals surface area contributed by atoms with Crippen LogP contribution in [0.2, 0.25) is 5.02 Å². The molecule has 6 nitrogen and oxygen atoms in total. The molecule has 4 aromatic rings. The number of benzene rings is 4. The summed E-state index contributed by atoms with van der Waals surface area (Å²) in [5, 5.41) is 3.71. The molecule has 186 valence electrons. The molecule has 8 heteroatoms. The van der Waals surface area contributed by atoms with Crippen LogP contribution in [0.3, 0.4) is 0 Å². The van der Waals surface area contributed by atoms with Crippen LogP contribution < -0.4 is 19.9 Å². The first kappa shape index (κ1) is 24.9. The summed E-state index contributed by atoms with van der Waals surface area (Å²) < 4.78 is 12.5. The first-order chi connectivity index (χ1) is 18.0. The van der Waals surface area contributed by atoms with E-state index in [1.807, 2.05) is 43.3 Å². The van der Waals surface area contributed by atoms with E-state index in [0.717, 1.165) is 16.3 Å². The van der Waals surface area contributed by atoms with Gasteiger partial charge >= 0.3 is 0 Å². The summed E-state index contributed by atoms with van der Waals surface area (Å²) in [5.41, 5.74) is 4.66. The molecule has 4 aromatic carbocycles. The molecule has 37 heavy (non-hydrogen) atoms. The number of nitrogens with one attached hydrogen (secondary N) is 1. The molecule has 0 aliphatic carbocycles. The van der Waals surface area contributed by atoms with E-state index in [1.165, 1.54) is 11.1 Å². The summed E-state index contributed by atoms with van der Waals surface area (Å²) in [4.78, 5) is 25.7. The van der Waals surface area contributed by atoms with E-state index in [4.69, 9.17) is 21.1 Å². The number of hydrogen-bond acceptors (Lipinski definition) is 4. The van der Waals surface area contributed by atoms with E-state index in [1.54, 1.807) is 30.3 Å². The second-order valence-corrected chi connectivity index (χ2v) is 9.43. The number of para-hydroxylation sites is 1. The summed E-state index contributed by atoms with van der Waals surface area (Å²) in [6.07, 6.45) is 1.49.